The fourth-order valence-electron chi connectivity index (χ4n) is 1.73. The molecular weight excluding hydrogens is 218 g/mol. The lowest BCUT2D eigenvalue weighted by atomic mass is 10.2. The van der Waals surface area contributed by atoms with Crippen molar-refractivity contribution in [1.82, 2.24) is 14.5 Å². The van der Waals surface area contributed by atoms with Gasteiger partial charge < -0.3 is 9.67 Å². The summed E-state index contributed by atoms with van der Waals surface area (Å²) in [6, 6.07) is 0.328. The van der Waals surface area contributed by atoms with Crippen LogP contribution in [0.5, 0.6) is 0 Å². The summed E-state index contributed by atoms with van der Waals surface area (Å²) >= 11 is 0. The van der Waals surface area contributed by atoms with Crippen molar-refractivity contribution in [2.24, 2.45) is 0 Å². The number of aromatic nitrogens is 2. The van der Waals surface area contributed by atoms with Gasteiger partial charge >= 0.3 is 5.97 Å². The number of carboxylic acid groups (broad SMARTS) is 1. The van der Waals surface area contributed by atoms with Gasteiger partial charge in [0, 0.05) is 31.9 Å². The fourth-order valence-corrected chi connectivity index (χ4v) is 1.73. The quantitative estimate of drug-likeness (QED) is 0.785. The van der Waals surface area contributed by atoms with Gasteiger partial charge in [-0.05, 0) is 20.8 Å². The molecule has 0 saturated carbocycles. The number of carbonyl (C=O) groups is 1. The van der Waals surface area contributed by atoms with Crippen molar-refractivity contribution in [3.63, 3.8) is 0 Å². The van der Waals surface area contributed by atoms with E-state index in [1.807, 2.05) is 12.5 Å². The first-order valence-corrected chi connectivity index (χ1v) is 5.99. The number of aryl methyl sites for hydroxylation is 1. The second kappa shape index (κ2) is 6.39. The van der Waals surface area contributed by atoms with E-state index in [-0.39, 0.29) is 6.42 Å². The Hall–Kier alpha value is -1.36. The molecule has 0 saturated heterocycles. The van der Waals surface area contributed by atoms with Gasteiger partial charge in [0.05, 0.1) is 18.4 Å². The lowest BCUT2D eigenvalue weighted by Gasteiger charge is -2.25. The zero-order chi connectivity index (χ0) is 12.8. The smallest absolute Gasteiger partial charge is 0.304 e. The number of nitrogens with zero attached hydrogens (tertiary/aromatic N) is 3. The lowest BCUT2D eigenvalue weighted by molar-refractivity contribution is -0.137. The van der Waals surface area contributed by atoms with E-state index >= 15 is 0 Å². The highest BCUT2D eigenvalue weighted by Crippen LogP contribution is 2.09. The van der Waals surface area contributed by atoms with Crippen LogP contribution in [0, 0.1) is 0 Å². The van der Waals surface area contributed by atoms with Gasteiger partial charge in [-0.1, -0.05) is 0 Å². The van der Waals surface area contributed by atoms with Crippen LogP contribution in [0.25, 0.3) is 0 Å². The zero-order valence-electron chi connectivity index (χ0n) is 10.8. The third-order valence-corrected chi connectivity index (χ3v) is 2.85. The first-order valence-electron chi connectivity index (χ1n) is 5.99. The molecule has 1 heterocycles. The van der Waals surface area contributed by atoms with Crippen molar-refractivity contribution >= 4 is 5.97 Å². The second-order valence-corrected chi connectivity index (χ2v) is 4.38. The molecule has 0 aliphatic rings. The molecule has 0 aliphatic carbocycles. The predicted molar refractivity (Wildman–Crippen MR) is 65.7 cm³/mol. The summed E-state index contributed by atoms with van der Waals surface area (Å²) in [7, 11) is 0. The number of aliphatic carboxylic acids is 1. The Morgan fingerprint density at radius 3 is 2.82 bits per heavy atom. The maximum absolute atomic E-state index is 10.6. The summed E-state index contributed by atoms with van der Waals surface area (Å²) in [5.41, 5.74) is 1.13. The zero-order valence-corrected chi connectivity index (χ0v) is 10.8. The number of hydrogen-bond acceptors (Lipinski definition) is 3. The molecule has 0 atom stereocenters. The van der Waals surface area contributed by atoms with Gasteiger partial charge in [-0.2, -0.15) is 0 Å². The molecule has 0 amide bonds. The van der Waals surface area contributed by atoms with E-state index < -0.39 is 5.97 Å². The highest BCUT2D eigenvalue weighted by molar-refractivity contribution is 5.66. The van der Waals surface area contributed by atoms with Gasteiger partial charge in [0.15, 0.2) is 0 Å². The molecule has 0 aromatic carbocycles. The average molecular weight is 239 g/mol. The van der Waals surface area contributed by atoms with Crippen molar-refractivity contribution < 1.29 is 9.90 Å². The summed E-state index contributed by atoms with van der Waals surface area (Å²) in [4.78, 5) is 16.9. The maximum Gasteiger partial charge on any atom is 0.304 e. The minimum Gasteiger partial charge on any atom is -0.481 e. The fraction of sp³-hybridized carbons (Fsp3) is 0.667. The van der Waals surface area contributed by atoms with Crippen LogP contribution in [0.2, 0.25) is 0 Å². The average Bonchev–Trinajstić information content (AvgIpc) is 2.70. The summed E-state index contributed by atoms with van der Waals surface area (Å²) < 4.78 is 2.08. The summed E-state index contributed by atoms with van der Waals surface area (Å²) in [6.45, 7) is 8.44. The maximum atomic E-state index is 10.6. The molecule has 1 aromatic heterocycles. The third kappa shape index (κ3) is 4.19. The number of hydrogen-bond donors (Lipinski definition) is 1. The van der Waals surface area contributed by atoms with Crippen LogP contribution in [0.4, 0.5) is 0 Å². The molecule has 0 aliphatic heterocycles. The topological polar surface area (TPSA) is 58.4 Å². The Labute approximate surface area is 102 Å². The molecule has 17 heavy (non-hydrogen) atoms. The first-order chi connectivity index (χ1) is 8.04. The van der Waals surface area contributed by atoms with E-state index in [1.54, 1.807) is 0 Å². The van der Waals surface area contributed by atoms with Gasteiger partial charge in [0.1, 0.15) is 0 Å². The standard InChI is InChI=1S/C12H21N3O2/c1-4-14-9-13-7-11(14)8-15(10(2)3)6-5-12(16)17/h7,9-10H,4-6,8H2,1-3H3,(H,16,17). The van der Waals surface area contributed by atoms with Crippen LogP contribution >= 0.6 is 0 Å². The number of carboxylic acids is 1. The normalized spacial score (nSPS) is 11.4. The molecule has 96 valence electrons. The molecule has 1 rings (SSSR count). The molecule has 0 bridgehead atoms. The third-order valence-electron chi connectivity index (χ3n) is 2.85. The van der Waals surface area contributed by atoms with Crippen molar-refractivity contribution in [2.45, 2.75) is 46.3 Å². The molecule has 5 heteroatoms. The summed E-state index contributed by atoms with van der Waals surface area (Å²) in [5.74, 6) is -0.750. The monoisotopic (exact) mass is 239 g/mol. The summed E-state index contributed by atoms with van der Waals surface area (Å²) in [6.07, 6.45) is 3.84. The van der Waals surface area contributed by atoms with Crippen LogP contribution in [0.3, 0.4) is 0 Å². The summed E-state index contributed by atoms with van der Waals surface area (Å²) in [5, 5.41) is 8.73. The predicted octanol–water partition coefficient (Wildman–Crippen LogP) is 1.59. The highest BCUT2D eigenvalue weighted by Gasteiger charge is 2.13. The van der Waals surface area contributed by atoms with Crippen LogP contribution in [-0.4, -0.2) is 38.1 Å². The Kier molecular flexibility index (Phi) is 5.15. The molecule has 1 aromatic rings. The van der Waals surface area contributed by atoms with Crippen LogP contribution < -0.4 is 0 Å². The Bertz CT molecular complexity index is 360. The number of rotatable bonds is 7. The van der Waals surface area contributed by atoms with E-state index in [4.69, 9.17) is 5.11 Å². The van der Waals surface area contributed by atoms with Gasteiger partial charge in [-0.25, -0.2) is 4.98 Å². The Morgan fingerprint density at radius 1 is 1.59 bits per heavy atom. The number of imidazole rings is 1. The van der Waals surface area contributed by atoms with Gasteiger partial charge in [0.2, 0.25) is 0 Å². The molecular formula is C12H21N3O2. The Morgan fingerprint density at radius 2 is 2.29 bits per heavy atom. The van der Waals surface area contributed by atoms with Crippen molar-refractivity contribution in [3.8, 4) is 0 Å². The minimum atomic E-state index is -0.750. The SMILES string of the molecule is CCn1cncc1CN(CCC(=O)O)C(C)C. The van der Waals surface area contributed by atoms with Crippen LogP contribution in [0.15, 0.2) is 12.5 Å². The van der Waals surface area contributed by atoms with E-state index in [0.29, 0.717) is 12.6 Å². The molecule has 0 unspecified atom stereocenters. The Balaban J connectivity index is 2.63. The van der Waals surface area contributed by atoms with Crippen molar-refractivity contribution in [2.75, 3.05) is 6.54 Å². The lowest BCUT2D eigenvalue weighted by Crippen LogP contribution is -2.33. The minimum absolute atomic E-state index is 0.179. The molecule has 0 radical (unpaired) electrons. The first kappa shape index (κ1) is 13.7. The van der Waals surface area contributed by atoms with E-state index in [1.165, 1.54) is 0 Å². The van der Waals surface area contributed by atoms with Crippen LogP contribution in [-0.2, 0) is 17.9 Å². The highest BCUT2D eigenvalue weighted by atomic mass is 16.4. The molecule has 1 N–H and O–H groups in total. The van der Waals surface area contributed by atoms with E-state index in [2.05, 4.69) is 35.2 Å². The molecule has 5 nitrogen and oxygen atoms in total. The molecule has 0 spiro atoms. The largest absolute Gasteiger partial charge is 0.481 e. The van der Waals surface area contributed by atoms with Gasteiger partial charge in [-0.15, -0.1) is 0 Å². The van der Waals surface area contributed by atoms with E-state index in [0.717, 1.165) is 18.8 Å². The second-order valence-electron chi connectivity index (χ2n) is 4.38. The van der Waals surface area contributed by atoms with Crippen molar-refractivity contribution in [1.29, 1.82) is 0 Å². The van der Waals surface area contributed by atoms with Gasteiger partial charge in [0.25, 0.3) is 0 Å². The van der Waals surface area contributed by atoms with Crippen LogP contribution in [0.1, 0.15) is 32.9 Å². The van der Waals surface area contributed by atoms with Gasteiger partial charge in [-0.3, -0.25) is 9.69 Å². The molecule has 0 fully saturated rings. The van der Waals surface area contributed by atoms with E-state index in [9.17, 15) is 4.79 Å². The van der Waals surface area contributed by atoms with Crippen molar-refractivity contribution in [3.05, 3.63) is 18.2 Å².